The Morgan fingerprint density at radius 3 is 2.42 bits per heavy atom. The summed E-state index contributed by atoms with van der Waals surface area (Å²) in [6.45, 7) is 3.08. The molecule has 0 radical (unpaired) electrons. The van der Waals surface area contributed by atoms with Crippen LogP contribution in [0.25, 0.3) is 0 Å². The van der Waals surface area contributed by atoms with E-state index >= 15 is 0 Å². The van der Waals surface area contributed by atoms with Crippen LogP contribution in [-0.4, -0.2) is 39.8 Å². The maximum absolute atomic E-state index is 12.4. The second kappa shape index (κ2) is 8.01. The maximum Gasteiger partial charge on any atom is 0.179 e. The van der Waals surface area contributed by atoms with Gasteiger partial charge in [0.2, 0.25) is 0 Å². The molecule has 0 saturated heterocycles. The van der Waals surface area contributed by atoms with Gasteiger partial charge in [-0.15, -0.1) is 0 Å². The first-order valence-electron chi connectivity index (χ1n) is 7.62. The third-order valence-electron chi connectivity index (χ3n) is 3.79. The molecule has 0 heterocycles. The van der Waals surface area contributed by atoms with Gasteiger partial charge in [0.1, 0.15) is 5.75 Å². The molecule has 0 unspecified atom stereocenters. The number of benzene rings is 2. The Balaban J connectivity index is 2.01. The molecule has 0 bridgehead atoms. The lowest BCUT2D eigenvalue weighted by molar-refractivity contribution is 0.333. The van der Waals surface area contributed by atoms with Crippen molar-refractivity contribution in [1.29, 1.82) is 0 Å². The van der Waals surface area contributed by atoms with Crippen LogP contribution >= 0.6 is 11.6 Å². The molecule has 0 aromatic heterocycles. The van der Waals surface area contributed by atoms with Crippen molar-refractivity contribution in [3.05, 3.63) is 58.6 Å². The van der Waals surface area contributed by atoms with Gasteiger partial charge in [-0.2, -0.15) is 0 Å². The molecule has 2 aromatic carbocycles. The molecular formula is C18H22ClNO3S. The summed E-state index contributed by atoms with van der Waals surface area (Å²) in [5, 5.41) is 0.526. The Bertz CT molecular complexity index is 788. The second-order valence-corrected chi connectivity index (χ2v) is 8.37. The Morgan fingerprint density at radius 1 is 1.12 bits per heavy atom. The van der Waals surface area contributed by atoms with Gasteiger partial charge in [-0.25, -0.2) is 8.42 Å². The van der Waals surface area contributed by atoms with Gasteiger partial charge >= 0.3 is 0 Å². The highest BCUT2D eigenvalue weighted by molar-refractivity contribution is 7.91. The first kappa shape index (κ1) is 18.8. The van der Waals surface area contributed by atoms with Crippen LogP contribution in [0.3, 0.4) is 0 Å². The molecule has 0 fully saturated rings. The molecular weight excluding hydrogens is 346 g/mol. The minimum atomic E-state index is -3.32. The summed E-state index contributed by atoms with van der Waals surface area (Å²) in [6, 6.07) is 12.3. The smallest absolute Gasteiger partial charge is 0.179 e. The molecule has 24 heavy (non-hydrogen) atoms. The van der Waals surface area contributed by atoms with Gasteiger partial charge in [-0.3, -0.25) is 0 Å². The van der Waals surface area contributed by atoms with Crippen LogP contribution in [0, 0.1) is 6.92 Å². The van der Waals surface area contributed by atoms with Gasteiger partial charge < -0.3 is 9.64 Å². The standard InChI is InChI=1S/C18H22ClNO3S/c1-14-4-9-18(23-3)15(12-14)13-20(2)10-11-24(21,22)17-7-5-16(19)6-8-17/h4-9,12H,10-11,13H2,1-3H3. The molecule has 0 spiro atoms. The predicted octanol–water partition coefficient (Wildman–Crippen LogP) is 3.56. The van der Waals surface area contributed by atoms with Crippen LogP contribution in [0.1, 0.15) is 11.1 Å². The number of rotatable bonds is 7. The summed E-state index contributed by atoms with van der Waals surface area (Å²) >= 11 is 5.81. The number of nitrogens with zero attached hydrogens (tertiary/aromatic N) is 1. The topological polar surface area (TPSA) is 46.6 Å². The Morgan fingerprint density at radius 2 is 1.79 bits per heavy atom. The van der Waals surface area contributed by atoms with Crippen LogP contribution in [0.15, 0.2) is 47.4 Å². The Hall–Kier alpha value is -1.56. The van der Waals surface area contributed by atoms with Gasteiger partial charge in [0, 0.05) is 23.7 Å². The molecule has 6 heteroatoms. The lowest BCUT2D eigenvalue weighted by atomic mass is 10.1. The third kappa shape index (κ3) is 4.97. The van der Waals surface area contributed by atoms with Crippen molar-refractivity contribution in [3.63, 3.8) is 0 Å². The van der Waals surface area contributed by atoms with Crippen molar-refractivity contribution in [3.8, 4) is 5.75 Å². The minimum Gasteiger partial charge on any atom is -0.496 e. The van der Waals surface area contributed by atoms with Crippen molar-refractivity contribution < 1.29 is 13.2 Å². The van der Waals surface area contributed by atoms with Gasteiger partial charge in [0.05, 0.1) is 17.8 Å². The van der Waals surface area contributed by atoms with Crippen molar-refractivity contribution in [2.24, 2.45) is 0 Å². The average molecular weight is 368 g/mol. The predicted molar refractivity (Wildman–Crippen MR) is 97.6 cm³/mol. The first-order valence-corrected chi connectivity index (χ1v) is 9.65. The Labute approximate surface area is 148 Å². The quantitative estimate of drug-likeness (QED) is 0.750. The number of sulfone groups is 1. The fraction of sp³-hybridized carbons (Fsp3) is 0.333. The van der Waals surface area contributed by atoms with Crippen LogP contribution in [0.5, 0.6) is 5.75 Å². The van der Waals surface area contributed by atoms with Crippen LogP contribution in [0.2, 0.25) is 5.02 Å². The van der Waals surface area contributed by atoms with E-state index in [-0.39, 0.29) is 5.75 Å². The molecule has 4 nitrogen and oxygen atoms in total. The van der Waals surface area contributed by atoms with Crippen molar-refractivity contribution in [2.75, 3.05) is 26.5 Å². The fourth-order valence-electron chi connectivity index (χ4n) is 2.44. The van der Waals surface area contributed by atoms with Crippen LogP contribution in [-0.2, 0) is 16.4 Å². The first-order chi connectivity index (χ1) is 11.3. The number of hydrogen-bond donors (Lipinski definition) is 0. The molecule has 0 amide bonds. The van der Waals surface area contributed by atoms with E-state index in [0.29, 0.717) is 23.0 Å². The zero-order valence-electron chi connectivity index (χ0n) is 14.1. The molecule has 0 aliphatic rings. The molecule has 2 rings (SSSR count). The van der Waals surface area contributed by atoms with E-state index in [1.807, 2.05) is 31.0 Å². The van der Waals surface area contributed by atoms with Gasteiger partial charge in [0.15, 0.2) is 9.84 Å². The van der Waals surface area contributed by atoms with Gasteiger partial charge in [0.25, 0.3) is 0 Å². The van der Waals surface area contributed by atoms with E-state index in [9.17, 15) is 8.42 Å². The van der Waals surface area contributed by atoms with Crippen LogP contribution in [0.4, 0.5) is 0 Å². The Kier molecular flexibility index (Phi) is 6.27. The highest BCUT2D eigenvalue weighted by Crippen LogP contribution is 2.21. The zero-order chi connectivity index (χ0) is 17.7. The summed E-state index contributed by atoms with van der Waals surface area (Å²) in [7, 11) is 0.220. The molecule has 0 aliphatic carbocycles. The number of ether oxygens (including phenoxy) is 1. The highest BCUT2D eigenvalue weighted by Gasteiger charge is 2.16. The normalized spacial score (nSPS) is 11.7. The molecule has 0 saturated carbocycles. The summed E-state index contributed by atoms with van der Waals surface area (Å²) in [5.41, 5.74) is 2.19. The second-order valence-electron chi connectivity index (χ2n) is 5.83. The van der Waals surface area contributed by atoms with Crippen molar-refractivity contribution in [1.82, 2.24) is 4.90 Å². The van der Waals surface area contributed by atoms with E-state index in [4.69, 9.17) is 16.3 Å². The summed E-state index contributed by atoms with van der Waals surface area (Å²) in [4.78, 5) is 2.28. The summed E-state index contributed by atoms with van der Waals surface area (Å²) in [6.07, 6.45) is 0. The van der Waals surface area contributed by atoms with Gasteiger partial charge in [-0.1, -0.05) is 29.3 Å². The lowest BCUT2D eigenvalue weighted by Crippen LogP contribution is -2.25. The van der Waals surface area contributed by atoms with Crippen LogP contribution < -0.4 is 4.74 Å². The lowest BCUT2D eigenvalue weighted by Gasteiger charge is -2.19. The molecule has 0 N–H and O–H groups in total. The van der Waals surface area contributed by atoms with E-state index in [1.54, 1.807) is 31.4 Å². The minimum absolute atomic E-state index is 0.0548. The fourth-order valence-corrected chi connectivity index (χ4v) is 3.90. The SMILES string of the molecule is COc1ccc(C)cc1CN(C)CCS(=O)(=O)c1ccc(Cl)cc1. The molecule has 130 valence electrons. The van der Waals surface area contributed by atoms with E-state index in [1.165, 1.54) is 0 Å². The average Bonchev–Trinajstić information content (AvgIpc) is 2.54. The highest BCUT2D eigenvalue weighted by atomic mass is 35.5. The zero-order valence-corrected chi connectivity index (χ0v) is 15.7. The van der Waals surface area contributed by atoms with E-state index in [2.05, 4.69) is 6.07 Å². The molecule has 2 aromatic rings. The number of hydrogen-bond acceptors (Lipinski definition) is 4. The number of methoxy groups -OCH3 is 1. The van der Waals surface area contributed by atoms with Crippen molar-refractivity contribution >= 4 is 21.4 Å². The summed E-state index contributed by atoms with van der Waals surface area (Å²) < 4.78 is 30.1. The van der Waals surface area contributed by atoms with Gasteiger partial charge in [-0.05, 0) is 44.3 Å². The van der Waals surface area contributed by atoms with E-state index < -0.39 is 9.84 Å². The molecule has 0 aliphatic heterocycles. The van der Waals surface area contributed by atoms with E-state index in [0.717, 1.165) is 16.9 Å². The summed E-state index contributed by atoms with van der Waals surface area (Å²) in [5.74, 6) is 0.868. The van der Waals surface area contributed by atoms with Crippen molar-refractivity contribution in [2.45, 2.75) is 18.4 Å². The number of aryl methyl sites for hydroxylation is 1. The largest absolute Gasteiger partial charge is 0.496 e. The third-order valence-corrected chi connectivity index (χ3v) is 5.75. The monoisotopic (exact) mass is 367 g/mol. The molecule has 0 atom stereocenters. The maximum atomic E-state index is 12.4. The number of halogens is 1.